The van der Waals surface area contributed by atoms with Crippen LogP contribution in [-0.4, -0.2) is 36.6 Å². The van der Waals surface area contributed by atoms with E-state index in [0.29, 0.717) is 5.92 Å². The maximum absolute atomic E-state index is 9.49. The van der Waals surface area contributed by atoms with Crippen LogP contribution in [0.2, 0.25) is 0 Å². The summed E-state index contributed by atoms with van der Waals surface area (Å²) < 4.78 is 0. The average Bonchev–Trinajstić information content (AvgIpc) is 3.19. The fourth-order valence-electron chi connectivity index (χ4n) is 3.60. The molecule has 2 rings (SSSR count). The van der Waals surface area contributed by atoms with E-state index in [0.717, 1.165) is 12.5 Å². The molecule has 2 atom stereocenters. The molecule has 0 aromatic rings. The highest BCUT2D eigenvalue weighted by molar-refractivity contribution is 5.13. The Morgan fingerprint density at radius 1 is 1.32 bits per heavy atom. The first-order chi connectivity index (χ1) is 9.25. The van der Waals surface area contributed by atoms with Gasteiger partial charge in [-0.25, -0.2) is 0 Å². The zero-order valence-electron chi connectivity index (χ0n) is 12.6. The van der Waals surface area contributed by atoms with E-state index in [9.17, 15) is 5.26 Å². The Labute approximate surface area is 118 Å². The molecule has 2 aliphatic carbocycles. The van der Waals surface area contributed by atoms with E-state index >= 15 is 0 Å². The van der Waals surface area contributed by atoms with E-state index in [1.54, 1.807) is 0 Å². The monoisotopic (exact) mass is 263 g/mol. The zero-order chi connectivity index (χ0) is 13.7. The third-order valence-electron chi connectivity index (χ3n) is 5.09. The molecule has 0 spiro atoms. The Morgan fingerprint density at radius 3 is 2.68 bits per heavy atom. The number of nitrogens with zero attached hydrogens (tertiary/aromatic N) is 2. The van der Waals surface area contributed by atoms with E-state index in [1.165, 1.54) is 58.0 Å². The Bertz CT molecular complexity index is 318. The van der Waals surface area contributed by atoms with E-state index in [2.05, 4.69) is 23.2 Å². The standard InChI is InChI=1S/C16H29N3/c1-3-4-11-19(15-7-8-15)12-9-14-6-5-10-16(14,13-17)18-2/h14-15,18H,3-12H2,1-2H3. The number of unbranched alkanes of at least 4 members (excludes halogenated alkanes) is 1. The quantitative estimate of drug-likeness (QED) is 0.732. The van der Waals surface area contributed by atoms with Crippen molar-refractivity contribution in [3.8, 4) is 6.07 Å². The van der Waals surface area contributed by atoms with Gasteiger partial charge in [-0.1, -0.05) is 19.8 Å². The van der Waals surface area contributed by atoms with Gasteiger partial charge >= 0.3 is 0 Å². The van der Waals surface area contributed by atoms with E-state index in [4.69, 9.17) is 0 Å². The maximum atomic E-state index is 9.49. The molecule has 2 aliphatic rings. The molecule has 0 aromatic carbocycles. The molecular formula is C16H29N3. The van der Waals surface area contributed by atoms with Crippen LogP contribution in [0.25, 0.3) is 0 Å². The van der Waals surface area contributed by atoms with Crippen molar-refractivity contribution in [2.45, 2.75) is 69.9 Å². The molecule has 2 unspecified atom stereocenters. The minimum atomic E-state index is -0.236. The first kappa shape index (κ1) is 14.8. The molecular weight excluding hydrogens is 234 g/mol. The van der Waals surface area contributed by atoms with Crippen molar-refractivity contribution in [1.29, 1.82) is 5.26 Å². The molecule has 0 amide bonds. The SMILES string of the molecule is CCCCN(CCC1CCCC1(C#N)NC)C1CC1. The van der Waals surface area contributed by atoms with E-state index < -0.39 is 0 Å². The second-order valence-electron chi connectivity index (χ2n) is 6.33. The van der Waals surface area contributed by atoms with Crippen LogP contribution >= 0.6 is 0 Å². The van der Waals surface area contributed by atoms with Crippen LogP contribution in [0.5, 0.6) is 0 Å². The van der Waals surface area contributed by atoms with E-state index in [-0.39, 0.29) is 5.54 Å². The Balaban J connectivity index is 1.84. The predicted molar refractivity (Wildman–Crippen MR) is 78.9 cm³/mol. The minimum absolute atomic E-state index is 0.236. The summed E-state index contributed by atoms with van der Waals surface area (Å²) in [6.07, 6.45) is 10.0. The fourth-order valence-corrected chi connectivity index (χ4v) is 3.60. The zero-order valence-corrected chi connectivity index (χ0v) is 12.6. The third kappa shape index (κ3) is 3.49. The molecule has 2 fully saturated rings. The Hall–Kier alpha value is -0.590. The van der Waals surface area contributed by atoms with Gasteiger partial charge in [-0.2, -0.15) is 5.26 Å². The van der Waals surface area contributed by atoms with Crippen molar-refractivity contribution in [3.63, 3.8) is 0 Å². The lowest BCUT2D eigenvalue weighted by Gasteiger charge is -2.30. The number of hydrogen-bond donors (Lipinski definition) is 1. The lowest BCUT2D eigenvalue weighted by molar-refractivity contribution is 0.217. The summed E-state index contributed by atoms with van der Waals surface area (Å²) in [5.74, 6) is 0.547. The molecule has 0 aromatic heterocycles. The summed E-state index contributed by atoms with van der Waals surface area (Å²) in [6, 6.07) is 3.42. The third-order valence-corrected chi connectivity index (χ3v) is 5.09. The number of nitrogens with one attached hydrogen (secondary N) is 1. The Morgan fingerprint density at radius 2 is 2.11 bits per heavy atom. The van der Waals surface area contributed by atoms with Crippen molar-refractivity contribution in [2.24, 2.45) is 5.92 Å². The fraction of sp³-hybridized carbons (Fsp3) is 0.938. The van der Waals surface area contributed by atoms with Gasteiger partial charge < -0.3 is 10.2 Å². The van der Waals surface area contributed by atoms with Gasteiger partial charge in [-0.15, -0.1) is 0 Å². The van der Waals surface area contributed by atoms with Crippen LogP contribution in [0.1, 0.15) is 58.3 Å². The highest BCUT2D eigenvalue weighted by Gasteiger charge is 2.42. The molecule has 0 radical (unpaired) electrons. The largest absolute Gasteiger partial charge is 0.302 e. The first-order valence-corrected chi connectivity index (χ1v) is 8.10. The van der Waals surface area contributed by atoms with Gasteiger partial charge in [0.25, 0.3) is 0 Å². The summed E-state index contributed by atoms with van der Waals surface area (Å²) in [5.41, 5.74) is -0.236. The van der Waals surface area contributed by atoms with E-state index in [1.807, 2.05) is 7.05 Å². The molecule has 3 nitrogen and oxygen atoms in total. The smallest absolute Gasteiger partial charge is 0.109 e. The lowest BCUT2D eigenvalue weighted by atomic mass is 9.86. The van der Waals surface area contributed by atoms with Gasteiger partial charge in [0.2, 0.25) is 0 Å². The normalized spacial score (nSPS) is 30.7. The predicted octanol–water partition coefficient (Wildman–Crippen LogP) is 2.92. The van der Waals surface area contributed by atoms with Crippen LogP contribution in [0.3, 0.4) is 0 Å². The minimum Gasteiger partial charge on any atom is -0.302 e. The highest BCUT2D eigenvalue weighted by Crippen LogP contribution is 2.38. The summed E-state index contributed by atoms with van der Waals surface area (Å²) >= 11 is 0. The van der Waals surface area contributed by atoms with Gasteiger partial charge in [-0.3, -0.25) is 0 Å². The van der Waals surface area contributed by atoms with Crippen molar-refractivity contribution in [1.82, 2.24) is 10.2 Å². The topological polar surface area (TPSA) is 39.1 Å². The molecule has 2 saturated carbocycles. The van der Waals surface area contributed by atoms with Crippen LogP contribution < -0.4 is 5.32 Å². The molecule has 19 heavy (non-hydrogen) atoms. The molecule has 108 valence electrons. The van der Waals surface area contributed by atoms with Crippen molar-refractivity contribution in [3.05, 3.63) is 0 Å². The van der Waals surface area contributed by atoms with Gasteiger partial charge in [0.15, 0.2) is 0 Å². The van der Waals surface area contributed by atoms with Crippen LogP contribution in [0, 0.1) is 17.2 Å². The van der Waals surface area contributed by atoms with Crippen LogP contribution in [-0.2, 0) is 0 Å². The van der Waals surface area contributed by atoms with Crippen molar-refractivity contribution >= 4 is 0 Å². The number of hydrogen-bond acceptors (Lipinski definition) is 3. The molecule has 3 heteroatoms. The van der Waals surface area contributed by atoms with Gasteiger partial charge in [0.05, 0.1) is 6.07 Å². The molecule has 1 N–H and O–H groups in total. The second-order valence-corrected chi connectivity index (χ2v) is 6.33. The van der Waals surface area contributed by atoms with Gasteiger partial charge in [0.1, 0.15) is 5.54 Å². The summed E-state index contributed by atoms with van der Waals surface area (Å²) in [6.45, 7) is 4.72. The molecule has 0 heterocycles. The molecule has 0 aliphatic heterocycles. The second kappa shape index (κ2) is 6.72. The summed E-state index contributed by atoms with van der Waals surface area (Å²) in [4.78, 5) is 2.68. The molecule has 0 bridgehead atoms. The maximum Gasteiger partial charge on any atom is 0.109 e. The lowest BCUT2D eigenvalue weighted by Crippen LogP contribution is -2.46. The van der Waals surface area contributed by atoms with Crippen LogP contribution in [0.15, 0.2) is 0 Å². The number of rotatable bonds is 8. The summed E-state index contributed by atoms with van der Waals surface area (Å²) in [5, 5.41) is 12.8. The van der Waals surface area contributed by atoms with Crippen molar-refractivity contribution in [2.75, 3.05) is 20.1 Å². The first-order valence-electron chi connectivity index (χ1n) is 8.10. The Kier molecular flexibility index (Phi) is 5.24. The van der Waals surface area contributed by atoms with Crippen LogP contribution in [0.4, 0.5) is 0 Å². The van der Waals surface area contributed by atoms with Gasteiger partial charge in [0, 0.05) is 6.04 Å². The molecule has 0 saturated heterocycles. The highest BCUT2D eigenvalue weighted by atomic mass is 15.2. The van der Waals surface area contributed by atoms with Gasteiger partial charge in [-0.05, 0) is 64.6 Å². The average molecular weight is 263 g/mol. The number of nitriles is 1. The summed E-state index contributed by atoms with van der Waals surface area (Å²) in [7, 11) is 1.96. The van der Waals surface area contributed by atoms with Crippen molar-refractivity contribution < 1.29 is 0 Å².